The lowest BCUT2D eigenvalue weighted by atomic mass is 10.2. The van der Waals surface area contributed by atoms with E-state index in [-0.39, 0.29) is 6.04 Å². The third-order valence-corrected chi connectivity index (χ3v) is 2.15. The summed E-state index contributed by atoms with van der Waals surface area (Å²) >= 11 is 5.47. The average molecular weight is 306 g/mol. The maximum atomic E-state index is 11.6. The molecule has 0 bridgehead atoms. The summed E-state index contributed by atoms with van der Waals surface area (Å²) in [7, 11) is 0. The van der Waals surface area contributed by atoms with Gasteiger partial charge in [-0.25, -0.2) is 4.79 Å². The van der Waals surface area contributed by atoms with Crippen molar-refractivity contribution < 1.29 is 19.0 Å². The number of rotatable bonds is 9. The Morgan fingerprint density at radius 3 is 2.50 bits per heavy atom. The highest BCUT2D eigenvalue weighted by Crippen LogP contribution is 2.07. The Hall–Kier alpha value is -0.960. The standard InChI is InChI=1S/C14H24ClNO4/c1-5-6-12(11-19-10-9-18-8-7-15)16-13(17)20-14(2,3)4/h1,12H,6-11H2,2-4H3,(H,16,17)/t12-/m0/s1. The quantitative estimate of drug-likeness (QED) is 0.403. The summed E-state index contributed by atoms with van der Waals surface area (Å²) in [6, 6.07) is -0.275. The summed E-state index contributed by atoms with van der Waals surface area (Å²) in [5.74, 6) is 2.96. The molecule has 1 amide bonds. The Morgan fingerprint density at radius 2 is 1.95 bits per heavy atom. The predicted molar refractivity (Wildman–Crippen MR) is 79.0 cm³/mol. The van der Waals surface area contributed by atoms with Crippen LogP contribution in [0.1, 0.15) is 27.2 Å². The Kier molecular flexibility index (Phi) is 10.3. The first-order valence-corrected chi connectivity index (χ1v) is 7.07. The topological polar surface area (TPSA) is 56.8 Å². The predicted octanol–water partition coefficient (Wildman–Crippen LogP) is 2.17. The zero-order valence-corrected chi connectivity index (χ0v) is 13.2. The number of ether oxygens (including phenoxy) is 3. The highest BCUT2D eigenvalue weighted by atomic mass is 35.5. The number of amides is 1. The summed E-state index contributed by atoms with van der Waals surface area (Å²) in [6.45, 7) is 7.09. The van der Waals surface area contributed by atoms with Crippen LogP contribution in [0.25, 0.3) is 0 Å². The summed E-state index contributed by atoms with van der Waals surface area (Å²) in [4.78, 5) is 11.6. The van der Waals surface area contributed by atoms with Gasteiger partial charge in [0.1, 0.15) is 5.60 Å². The van der Waals surface area contributed by atoms with E-state index in [1.807, 2.05) is 0 Å². The first-order chi connectivity index (χ1) is 9.39. The van der Waals surface area contributed by atoms with E-state index in [0.29, 0.717) is 38.7 Å². The van der Waals surface area contributed by atoms with Crippen LogP contribution in [0.4, 0.5) is 4.79 Å². The molecule has 0 aromatic carbocycles. The van der Waals surface area contributed by atoms with Gasteiger partial charge in [0.25, 0.3) is 0 Å². The van der Waals surface area contributed by atoms with Crippen LogP contribution in [0.2, 0.25) is 0 Å². The molecule has 0 rings (SSSR count). The fourth-order valence-electron chi connectivity index (χ4n) is 1.27. The molecular formula is C14H24ClNO4. The zero-order valence-electron chi connectivity index (χ0n) is 12.4. The van der Waals surface area contributed by atoms with Crippen molar-refractivity contribution in [3.8, 4) is 12.3 Å². The second-order valence-corrected chi connectivity index (χ2v) is 5.51. The first kappa shape index (κ1) is 19.0. The van der Waals surface area contributed by atoms with Gasteiger partial charge >= 0.3 is 6.09 Å². The van der Waals surface area contributed by atoms with Gasteiger partial charge in [-0.1, -0.05) is 0 Å². The molecule has 0 heterocycles. The van der Waals surface area contributed by atoms with Gasteiger partial charge in [0.2, 0.25) is 0 Å². The van der Waals surface area contributed by atoms with Gasteiger partial charge in [0.15, 0.2) is 0 Å². The van der Waals surface area contributed by atoms with Crippen LogP contribution < -0.4 is 5.32 Å². The number of halogens is 1. The lowest BCUT2D eigenvalue weighted by Gasteiger charge is -2.22. The molecule has 0 saturated carbocycles. The molecule has 6 heteroatoms. The van der Waals surface area contributed by atoms with Gasteiger partial charge in [-0.2, -0.15) is 0 Å². The molecule has 0 unspecified atom stereocenters. The van der Waals surface area contributed by atoms with Crippen LogP contribution in [-0.2, 0) is 14.2 Å². The van der Waals surface area contributed by atoms with Crippen LogP contribution in [0, 0.1) is 12.3 Å². The number of alkyl halides is 1. The molecule has 0 aromatic heterocycles. The molecule has 0 aliphatic carbocycles. The SMILES string of the molecule is C#CC[C@@H](COCCOCCCl)NC(=O)OC(C)(C)C. The number of alkyl carbamates (subject to hydrolysis) is 1. The molecule has 0 fully saturated rings. The largest absolute Gasteiger partial charge is 0.444 e. The molecule has 0 radical (unpaired) electrons. The smallest absolute Gasteiger partial charge is 0.407 e. The fraction of sp³-hybridized carbons (Fsp3) is 0.786. The highest BCUT2D eigenvalue weighted by molar-refractivity contribution is 6.17. The Bertz CT molecular complexity index is 309. The third-order valence-electron chi connectivity index (χ3n) is 2.00. The van der Waals surface area contributed by atoms with Gasteiger partial charge < -0.3 is 19.5 Å². The van der Waals surface area contributed by atoms with Crippen molar-refractivity contribution in [2.45, 2.75) is 38.8 Å². The van der Waals surface area contributed by atoms with E-state index in [2.05, 4.69) is 11.2 Å². The van der Waals surface area contributed by atoms with E-state index in [1.165, 1.54) is 0 Å². The van der Waals surface area contributed by atoms with E-state index in [9.17, 15) is 4.79 Å². The van der Waals surface area contributed by atoms with Crippen molar-refractivity contribution in [1.82, 2.24) is 5.32 Å². The van der Waals surface area contributed by atoms with Crippen molar-refractivity contribution in [1.29, 1.82) is 0 Å². The number of carbonyl (C=O) groups excluding carboxylic acids is 1. The maximum absolute atomic E-state index is 11.6. The van der Waals surface area contributed by atoms with Crippen LogP contribution in [0.15, 0.2) is 0 Å². The van der Waals surface area contributed by atoms with Gasteiger partial charge in [-0.05, 0) is 20.8 Å². The highest BCUT2D eigenvalue weighted by Gasteiger charge is 2.19. The van der Waals surface area contributed by atoms with Crippen LogP contribution in [0.5, 0.6) is 0 Å². The van der Waals surface area contributed by atoms with E-state index in [0.717, 1.165) is 0 Å². The van der Waals surface area contributed by atoms with E-state index in [1.54, 1.807) is 20.8 Å². The molecule has 0 spiro atoms. The fourth-order valence-corrected chi connectivity index (χ4v) is 1.38. The monoisotopic (exact) mass is 305 g/mol. The molecule has 0 aromatic rings. The average Bonchev–Trinajstić information content (AvgIpc) is 2.31. The van der Waals surface area contributed by atoms with Gasteiger partial charge in [-0.15, -0.1) is 23.9 Å². The Labute approximate surface area is 126 Å². The summed E-state index contributed by atoms with van der Waals surface area (Å²) in [6.07, 6.45) is 5.14. The number of hydrogen-bond acceptors (Lipinski definition) is 4. The summed E-state index contributed by atoms with van der Waals surface area (Å²) < 4.78 is 15.7. The van der Waals surface area contributed by atoms with Gasteiger partial charge in [0.05, 0.1) is 32.5 Å². The molecule has 0 saturated heterocycles. The lowest BCUT2D eigenvalue weighted by Crippen LogP contribution is -2.41. The van der Waals surface area contributed by atoms with Crippen molar-refractivity contribution in [2.75, 3.05) is 32.3 Å². The molecule has 0 aliphatic rings. The second-order valence-electron chi connectivity index (χ2n) is 5.13. The van der Waals surface area contributed by atoms with Gasteiger partial charge in [-0.3, -0.25) is 0 Å². The van der Waals surface area contributed by atoms with Crippen molar-refractivity contribution in [3.63, 3.8) is 0 Å². The molecule has 1 atom stereocenters. The molecule has 0 aliphatic heterocycles. The number of nitrogens with one attached hydrogen (secondary N) is 1. The van der Waals surface area contributed by atoms with Crippen LogP contribution in [0.3, 0.4) is 0 Å². The molecule has 116 valence electrons. The Morgan fingerprint density at radius 1 is 1.30 bits per heavy atom. The van der Waals surface area contributed by atoms with E-state index < -0.39 is 11.7 Å². The van der Waals surface area contributed by atoms with Crippen LogP contribution in [-0.4, -0.2) is 50.0 Å². The van der Waals surface area contributed by atoms with Gasteiger partial charge in [0, 0.05) is 12.3 Å². The van der Waals surface area contributed by atoms with Crippen molar-refractivity contribution >= 4 is 17.7 Å². The minimum Gasteiger partial charge on any atom is -0.444 e. The molecule has 20 heavy (non-hydrogen) atoms. The minimum atomic E-state index is -0.541. The third kappa shape index (κ3) is 12.1. The van der Waals surface area contributed by atoms with E-state index in [4.69, 9.17) is 32.2 Å². The second kappa shape index (κ2) is 10.8. The molecule has 5 nitrogen and oxygen atoms in total. The summed E-state index contributed by atoms with van der Waals surface area (Å²) in [5, 5.41) is 2.69. The normalized spacial score (nSPS) is 12.6. The lowest BCUT2D eigenvalue weighted by molar-refractivity contribution is 0.0324. The number of hydrogen-bond donors (Lipinski definition) is 1. The zero-order chi connectivity index (χ0) is 15.4. The Balaban J connectivity index is 3.92. The minimum absolute atomic E-state index is 0.275. The van der Waals surface area contributed by atoms with Crippen molar-refractivity contribution in [3.05, 3.63) is 0 Å². The molecule has 1 N–H and O–H groups in total. The number of carbonyl (C=O) groups is 1. The number of terminal acetylenes is 1. The van der Waals surface area contributed by atoms with Crippen molar-refractivity contribution in [2.24, 2.45) is 0 Å². The maximum Gasteiger partial charge on any atom is 0.407 e. The van der Waals surface area contributed by atoms with Crippen LogP contribution >= 0.6 is 11.6 Å². The molecular weight excluding hydrogens is 282 g/mol. The first-order valence-electron chi connectivity index (χ1n) is 6.53. The summed E-state index contributed by atoms with van der Waals surface area (Å²) in [5.41, 5.74) is -0.541. The van der Waals surface area contributed by atoms with E-state index >= 15 is 0 Å².